The summed E-state index contributed by atoms with van der Waals surface area (Å²) in [7, 11) is 4.05. The summed E-state index contributed by atoms with van der Waals surface area (Å²) in [5, 5.41) is 0. The summed E-state index contributed by atoms with van der Waals surface area (Å²) in [5.74, 6) is 0. The van der Waals surface area contributed by atoms with Crippen molar-refractivity contribution < 1.29 is 9.47 Å². The molecule has 3 heteroatoms. The number of rotatable bonds is 2. The summed E-state index contributed by atoms with van der Waals surface area (Å²) in [6.45, 7) is 2.70. The zero-order valence-electron chi connectivity index (χ0n) is 9.43. The van der Waals surface area contributed by atoms with Crippen LogP contribution in [0.5, 0.6) is 0 Å². The van der Waals surface area contributed by atoms with E-state index >= 15 is 0 Å². The molecule has 0 unspecified atom stereocenters. The Bertz CT molecular complexity index is 321. The van der Waals surface area contributed by atoms with Crippen LogP contribution in [0, 0.1) is 0 Å². The summed E-state index contributed by atoms with van der Waals surface area (Å²) in [4.78, 5) is 2.07. The van der Waals surface area contributed by atoms with Crippen molar-refractivity contribution in [3.8, 4) is 0 Å². The van der Waals surface area contributed by atoms with E-state index in [-0.39, 0.29) is 12.4 Å². The lowest BCUT2D eigenvalue weighted by Crippen LogP contribution is -2.08. The van der Waals surface area contributed by atoms with E-state index in [9.17, 15) is 0 Å². The van der Waals surface area contributed by atoms with Crippen molar-refractivity contribution >= 4 is 5.69 Å². The molecule has 0 bridgehead atoms. The van der Waals surface area contributed by atoms with Crippen LogP contribution >= 0.6 is 0 Å². The first kappa shape index (κ1) is 10.5. The maximum atomic E-state index is 5.61. The number of benzene rings is 1. The lowest BCUT2D eigenvalue weighted by molar-refractivity contribution is -0.0571. The van der Waals surface area contributed by atoms with Crippen molar-refractivity contribution in [1.29, 1.82) is 0 Å². The second kappa shape index (κ2) is 4.21. The Balaban J connectivity index is 2.10. The van der Waals surface area contributed by atoms with Crippen LogP contribution in [-0.2, 0) is 9.47 Å². The number of hydrogen-bond donors (Lipinski definition) is 0. The van der Waals surface area contributed by atoms with E-state index in [0.29, 0.717) is 6.61 Å². The van der Waals surface area contributed by atoms with Crippen molar-refractivity contribution in [1.82, 2.24) is 0 Å². The van der Waals surface area contributed by atoms with Gasteiger partial charge in [0.15, 0.2) is 6.29 Å². The van der Waals surface area contributed by atoms with Crippen molar-refractivity contribution in [3.05, 3.63) is 29.8 Å². The number of nitrogens with zero attached hydrogens (tertiary/aromatic N) is 1. The van der Waals surface area contributed by atoms with Gasteiger partial charge >= 0.3 is 0 Å². The molecular formula is C12H17NO2. The fraction of sp³-hybridized carbons (Fsp3) is 0.500. The molecule has 0 aliphatic carbocycles. The zero-order chi connectivity index (χ0) is 10.8. The molecule has 0 N–H and O–H groups in total. The van der Waals surface area contributed by atoms with Crippen LogP contribution in [0.4, 0.5) is 5.69 Å². The molecule has 0 aromatic heterocycles. The molecular weight excluding hydrogens is 190 g/mol. The van der Waals surface area contributed by atoms with Crippen molar-refractivity contribution in [3.63, 3.8) is 0 Å². The first-order valence-corrected chi connectivity index (χ1v) is 5.21. The van der Waals surface area contributed by atoms with Crippen LogP contribution in [0.15, 0.2) is 24.3 Å². The van der Waals surface area contributed by atoms with Crippen molar-refractivity contribution in [2.75, 3.05) is 25.6 Å². The quantitative estimate of drug-likeness (QED) is 0.742. The largest absolute Gasteiger partial charge is 0.378 e. The minimum Gasteiger partial charge on any atom is -0.378 e. The molecule has 1 aliphatic rings. The Morgan fingerprint density at radius 3 is 2.33 bits per heavy atom. The zero-order valence-corrected chi connectivity index (χ0v) is 9.43. The van der Waals surface area contributed by atoms with E-state index in [1.807, 2.05) is 21.0 Å². The van der Waals surface area contributed by atoms with Crippen LogP contribution in [-0.4, -0.2) is 26.8 Å². The summed E-state index contributed by atoms with van der Waals surface area (Å²) >= 11 is 0. The van der Waals surface area contributed by atoms with Gasteiger partial charge < -0.3 is 14.4 Å². The third kappa shape index (κ3) is 2.30. The van der Waals surface area contributed by atoms with E-state index in [1.165, 1.54) is 5.69 Å². The van der Waals surface area contributed by atoms with Gasteiger partial charge in [0.25, 0.3) is 0 Å². The SMILES string of the molecule is C[C@H]1CO[C@H](c2ccc(N(C)C)cc2)O1. The van der Waals surface area contributed by atoms with Gasteiger partial charge in [0.2, 0.25) is 0 Å². The Hall–Kier alpha value is -1.06. The molecule has 2 atom stereocenters. The standard InChI is InChI=1S/C12H17NO2/c1-9-8-14-12(15-9)10-4-6-11(7-5-10)13(2)3/h4-7,9,12H,8H2,1-3H3/t9-,12-/m0/s1. The Kier molecular flexibility index (Phi) is 2.93. The van der Waals surface area contributed by atoms with Gasteiger partial charge in [0, 0.05) is 25.3 Å². The van der Waals surface area contributed by atoms with Crippen LogP contribution in [0.3, 0.4) is 0 Å². The second-order valence-corrected chi connectivity index (χ2v) is 4.10. The Morgan fingerprint density at radius 1 is 1.20 bits per heavy atom. The molecule has 0 spiro atoms. The monoisotopic (exact) mass is 207 g/mol. The molecule has 2 rings (SSSR count). The average Bonchev–Trinajstić information content (AvgIpc) is 2.65. The van der Waals surface area contributed by atoms with Gasteiger partial charge in [-0.3, -0.25) is 0 Å². The summed E-state index contributed by atoms with van der Waals surface area (Å²) in [5.41, 5.74) is 2.27. The summed E-state index contributed by atoms with van der Waals surface area (Å²) < 4.78 is 11.1. The molecule has 1 saturated heterocycles. The minimum atomic E-state index is -0.184. The molecule has 1 aromatic rings. The fourth-order valence-electron chi connectivity index (χ4n) is 1.62. The highest BCUT2D eigenvalue weighted by atomic mass is 16.7. The predicted molar refractivity (Wildman–Crippen MR) is 60.0 cm³/mol. The number of anilines is 1. The first-order chi connectivity index (χ1) is 7.16. The normalized spacial score (nSPS) is 25.5. The first-order valence-electron chi connectivity index (χ1n) is 5.21. The van der Waals surface area contributed by atoms with Gasteiger partial charge in [-0.05, 0) is 19.1 Å². The van der Waals surface area contributed by atoms with Gasteiger partial charge in [0.1, 0.15) is 0 Å². The van der Waals surface area contributed by atoms with Gasteiger partial charge in [-0.15, -0.1) is 0 Å². The average molecular weight is 207 g/mol. The fourth-order valence-corrected chi connectivity index (χ4v) is 1.62. The van der Waals surface area contributed by atoms with E-state index in [4.69, 9.17) is 9.47 Å². The molecule has 1 aromatic carbocycles. The van der Waals surface area contributed by atoms with E-state index in [0.717, 1.165) is 5.56 Å². The second-order valence-electron chi connectivity index (χ2n) is 4.10. The maximum absolute atomic E-state index is 5.61. The highest BCUT2D eigenvalue weighted by molar-refractivity contribution is 5.46. The van der Waals surface area contributed by atoms with Gasteiger partial charge in [-0.25, -0.2) is 0 Å². The van der Waals surface area contributed by atoms with Gasteiger partial charge in [-0.2, -0.15) is 0 Å². The van der Waals surface area contributed by atoms with Crippen molar-refractivity contribution in [2.45, 2.75) is 19.3 Å². The highest BCUT2D eigenvalue weighted by Crippen LogP contribution is 2.27. The molecule has 1 aliphatic heterocycles. The maximum Gasteiger partial charge on any atom is 0.184 e. The smallest absolute Gasteiger partial charge is 0.184 e. The van der Waals surface area contributed by atoms with Crippen LogP contribution in [0.2, 0.25) is 0 Å². The predicted octanol–water partition coefficient (Wildman–Crippen LogP) is 2.19. The molecule has 15 heavy (non-hydrogen) atoms. The van der Waals surface area contributed by atoms with E-state index in [1.54, 1.807) is 0 Å². The number of hydrogen-bond acceptors (Lipinski definition) is 3. The Labute approximate surface area is 90.6 Å². The van der Waals surface area contributed by atoms with E-state index < -0.39 is 0 Å². The highest BCUT2D eigenvalue weighted by Gasteiger charge is 2.23. The Morgan fingerprint density at radius 2 is 1.87 bits per heavy atom. The molecule has 0 amide bonds. The molecule has 0 radical (unpaired) electrons. The van der Waals surface area contributed by atoms with E-state index in [2.05, 4.69) is 29.2 Å². The summed E-state index contributed by atoms with van der Waals surface area (Å²) in [6.07, 6.45) is 0.0136. The molecule has 1 fully saturated rings. The molecule has 0 saturated carbocycles. The lowest BCUT2D eigenvalue weighted by atomic mass is 10.2. The van der Waals surface area contributed by atoms with Crippen LogP contribution in [0.25, 0.3) is 0 Å². The van der Waals surface area contributed by atoms with Gasteiger partial charge in [0.05, 0.1) is 12.7 Å². The summed E-state index contributed by atoms with van der Waals surface area (Å²) in [6, 6.07) is 8.26. The van der Waals surface area contributed by atoms with Crippen LogP contribution in [0.1, 0.15) is 18.8 Å². The minimum absolute atomic E-state index is 0.184. The third-order valence-electron chi connectivity index (χ3n) is 2.52. The van der Waals surface area contributed by atoms with Crippen LogP contribution < -0.4 is 4.90 Å². The van der Waals surface area contributed by atoms with Gasteiger partial charge in [-0.1, -0.05) is 12.1 Å². The molecule has 82 valence electrons. The topological polar surface area (TPSA) is 21.7 Å². The number of ether oxygens (including phenoxy) is 2. The lowest BCUT2D eigenvalue weighted by Gasteiger charge is -2.14. The third-order valence-corrected chi connectivity index (χ3v) is 2.52. The molecule has 3 nitrogen and oxygen atoms in total. The molecule has 1 heterocycles. The van der Waals surface area contributed by atoms with Crippen molar-refractivity contribution in [2.24, 2.45) is 0 Å².